The number of nitrogens with two attached hydrogens (primary N) is 1. The van der Waals surface area contributed by atoms with Crippen LogP contribution in [0.5, 0.6) is 0 Å². The summed E-state index contributed by atoms with van der Waals surface area (Å²) >= 11 is 0. The van der Waals surface area contributed by atoms with Crippen molar-refractivity contribution in [1.82, 2.24) is 19.7 Å². The largest absolute Gasteiger partial charge is 0.381 e. The molecule has 1 aliphatic heterocycles. The zero-order valence-corrected chi connectivity index (χ0v) is 17.8. The predicted octanol–water partition coefficient (Wildman–Crippen LogP) is 4.39. The number of nitrogens with zero attached hydrogens (tertiary/aromatic N) is 4. The lowest BCUT2D eigenvalue weighted by molar-refractivity contribution is 0.0853. The summed E-state index contributed by atoms with van der Waals surface area (Å²) in [4.78, 5) is 9.66. The second-order valence-electron chi connectivity index (χ2n) is 8.92. The van der Waals surface area contributed by atoms with Crippen molar-refractivity contribution in [2.24, 2.45) is 11.7 Å². The van der Waals surface area contributed by atoms with Crippen molar-refractivity contribution in [3.8, 4) is 11.3 Å². The van der Waals surface area contributed by atoms with Crippen molar-refractivity contribution >= 4 is 11.0 Å². The molecule has 0 unspecified atom stereocenters. The molecule has 30 heavy (non-hydrogen) atoms. The number of ether oxygens (including phenoxy) is 1. The van der Waals surface area contributed by atoms with Crippen molar-refractivity contribution < 1.29 is 4.74 Å². The topological polar surface area (TPSA) is 78.9 Å². The number of aromatic nitrogens is 4. The van der Waals surface area contributed by atoms with E-state index in [1.165, 1.54) is 24.8 Å². The minimum atomic E-state index is 0.508. The van der Waals surface area contributed by atoms with Gasteiger partial charge in [-0.15, -0.1) is 0 Å². The quantitative estimate of drug-likeness (QED) is 0.658. The fraction of sp³-hybridized carbons (Fsp3) is 0.542. The van der Waals surface area contributed by atoms with Gasteiger partial charge in [0.1, 0.15) is 0 Å². The molecule has 2 fully saturated rings. The molecule has 5 rings (SSSR count). The van der Waals surface area contributed by atoms with Gasteiger partial charge in [-0.2, -0.15) is 5.10 Å². The predicted molar refractivity (Wildman–Crippen MR) is 118 cm³/mol. The molecule has 0 spiro atoms. The van der Waals surface area contributed by atoms with Crippen LogP contribution in [0.25, 0.3) is 22.3 Å². The third-order valence-electron chi connectivity index (χ3n) is 6.85. The van der Waals surface area contributed by atoms with E-state index < -0.39 is 0 Å². The van der Waals surface area contributed by atoms with Crippen LogP contribution >= 0.6 is 0 Å². The summed E-state index contributed by atoms with van der Waals surface area (Å²) in [6.45, 7) is 4.56. The van der Waals surface area contributed by atoms with E-state index in [2.05, 4.69) is 41.0 Å². The molecule has 3 heterocycles. The maximum atomic E-state index is 5.64. The molecule has 1 saturated heterocycles. The summed E-state index contributed by atoms with van der Waals surface area (Å²) in [6, 6.07) is 7.03. The van der Waals surface area contributed by atoms with Crippen molar-refractivity contribution in [1.29, 1.82) is 0 Å². The zero-order chi connectivity index (χ0) is 20.5. The number of fused-ring (bicyclic) bond motifs is 1. The van der Waals surface area contributed by atoms with Crippen LogP contribution in [0.3, 0.4) is 0 Å². The SMILES string of the molecule is Cc1nn(C2CC(CCCN)C2)cc1-c1cnc2ccc(C3CCOCC3)cc2n1. The van der Waals surface area contributed by atoms with Gasteiger partial charge >= 0.3 is 0 Å². The van der Waals surface area contributed by atoms with Crippen LogP contribution in [0.15, 0.2) is 30.6 Å². The second kappa shape index (κ2) is 8.44. The molecule has 0 amide bonds. The highest BCUT2D eigenvalue weighted by Gasteiger charge is 2.31. The Balaban J connectivity index is 1.37. The number of aryl methyl sites for hydroxylation is 1. The summed E-state index contributed by atoms with van der Waals surface area (Å²) in [6.07, 6.45) is 11.0. The Morgan fingerprint density at radius 1 is 1.17 bits per heavy atom. The van der Waals surface area contributed by atoms with Gasteiger partial charge in [-0.1, -0.05) is 6.07 Å². The lowest BCUT2D eigenvalue weighted by Crippen LogP contribution is -2.27. The fourth-order valence-electron chi connectivity index (χ4n) is 4.92. The first kappa shape index (κ1) is 19.6. The van der Waals surface area contributed by atoms with Crippen molar-refractivity contribution in [2.75, 3.05) is 19.8 Å². The van der Waals surface area contributed by atoms with Gasteiger partial charge < -0.3 is 10.5 Å². The number of rotatable bonds is 6. The van der Waals surface area contributed by atoms with Gasteiger partial charge in [-0.3, -0.25) is 9.67 Å². The third-order valence-corrected chi connectivity index (χ3v) is 6.85. The van der Waals surface area contributed by atoms with E-state index in [4.69, 9.17) is 20.6 Å². The first-order valence-corrected chi connectivity index (χ1v) is 11.3. The molecule has 2 N–H and O–H groups in total. The molecule has 1 aromatic carbocycles. The van der Waals surface area contributed by atoms with Gasteiger partial charge in [-0.25, -0.2) is 4.98 Å². The van der Waals surface area contributed by atoms with Crippen molar-refractivity contribution in [3.63, 3.8) is 0 Å². The van der Waals surface area contributed by atoms with E-state index in [0.717, 1.165) is 72.9 Å². The summed E-state index contributed by atoms with van der Waals surface area (Å²) < 4.78 is 7.66. The molecule has 2 aromatic heterocycles. The fourth-order valence-corrected chi connectivity index (χ4v) is 4.92. The van der Waals surface area contributed by atoms with Crippen molar-refractivity contribution in [2.45, 2.75) is 57.4 Å². The maximum Gasteiger partial charge on any atom is 0.0927 e. The van der Waals surface area contributed by atoms with Crippen LogP contribution in [0.4, 0.5) is 0 Å². The van der Waals surface area contributed by atoms with E-state index in [0.29, 0.717) is 12.0 Å². The molecular formula is C24H31N5O. The van der Waals surface area contributed by atoms with Gasteiger partial charge in [0.2, 0.25) is 0 Å². The van der Waals surface area contributed by atoms with E-state index in [1.54, 1.807) is 0 Å². The Morgan fingerprint density at radius 2 is 2.00 bits per heavy atom. The van der Waals surface area contributed by atoms with Crippen LogP contribution < -0.4 is 5.73 Å². The Morgan fingerprint density at radius 3 is 2.80 bits per heavy atom. The standard InChI is InChI=1S/C24H31N5O/c1-16-21(15-29(28-16)20-11-17(12-20)3-2-8-25)24-14-26-22-5-4-19(13-23(22)27-24)18-6-9-30-10-7-18/h4-5,13-15,17-18,20H,2-3,6-12,25H2,1H3. The molecule has 6 nitrogen and oxygen atoms in total. The molecule has 0 bridgehead atoms. The van der Waals surface area contributed by atoms with Crippen molar-refractivity contribution in [3.05, 3.63) is 41.9 Å². The Bertz CT molecular complexity index is 1020. The van der Waals surface area contributed by atoms with E-state index in [1.807, 2.05) is 6.20 Å². The summed E-state index contributed by atoms with van der Waals surface area (Å²) in [5, 5.41) is 4.81. The van der Waals surface area contributed by atoms with Gasteiger partial charge in [0.15, 0.2) is 0 Å². The molecule has 158 valence electrons. The van der Waals surface area contributed by atoms with Crippen LogP contribution in [0, 0.1) is 12.8 Å². The minimum Gasteiger partial charge on any atom is -0.381 e. The third kappa shape index (κ3) is 3.86. The Kier molecular flexibility index (Phi) is 5.52. The minimum absolute atomic E-state index is 0.508. The van der Waals surface area contributed by atoms with Crippen LogP contribution in [-0.4, -0.2) is 39.5 Å². The maximum absolute atomic E-state index is 5.64. The number of hydrogen-bond acceptors (Lipinski definition) is 5. The highest BCUT2D eigenvalue weighted by Crippen LogP contribution is 2.41. The number of benzene rings is 1. The highest BCUT2D eigenvalue weighted by atomic mass is 16.5. The van der Waals surface area contributed by atoms with Gasteiger partial charge in [0.05, 0.1) is 34.7 Å². The highest BCUT2D eigenvalue weighted by molar-refractivity contribution is 5.78. The van der Waals surface area contributed by atoms with E-state index >= 15 is 0 Å². The van der Waals surface area contributed by atoms with E-state index in [-0.39, 0.29) is 0 Å². The van der Waals surface area contributed by atoms with E-state index in [9.17, 15) is 0 Å². The monoisotopic (exact) mass is 405 g/mol. The second-order valence-corrected chi connectivity index (χ2v) is 8.92. The average molecular weight is 406 g/mol. The normalized spacial score (nSPS) is 22.3. The molecule has 1 saturated carbocycles. The smallest absolute Gasteiger partial charge is 0.0927 e. The van der Waals surface area contributed by atoms with Crippen LogP contribution in [0.1, 0.15) is 61.7 Å². The van der Waals surface area contributed by atoms with Gasteiger partial charge in [0.25, 0.3) is 0 Å². The lowest BCUT2D eigenvalue weighted by Gasteiger charge is -2.35. The summed E-state index contributed by atoms with van der Waals surface area (Å²) in [5.74, 6) is 1.36. The molecule has 1 aliphatic carbocycles. The molecular weight excluding hydrogens is 374 g/mol. The molecule has 2 aliphatic rings. The Labute approximate surface area is 177 Å². The first-order valence-electron chi connectivity index (χ1n) is 11.3. The Hall–Kier alpha value is -2.31. The molecule has 3 aromatic rings. The summed E-state index contributed by atoms with van der Waals surface area (Å²) in [7, 11) is 0. The molecule has 0 radical (unpaired) electrons. The van der Waals surface area contributed by atoms with Gasteiger partial charge in [0, 0.05) is 25.0 Å². The molecule has 6 heteroatoms. The van der Waals surface area contributed by atoms with Crippen LogP contribution in [0.2, 0.25) is 0 Å². The molecule has 0 atom stereocenters. The van der Waals surface area contributed by atoms with Gasteiger partial charge in [-0.05, 0) is 81.5 Å². The van der Waals surface area contributed by atoms with Crippen LogP contribution in [-0.2, 0) is 4.74 Å². The average Bonchev–Trinajstić information content (AvgIpc) is 3.13. The zero-order valence-electron chi connectivity index (χ0n) is 17.8. The number of hydrogen-bond donors (Lipinski definition) is 1. The summed E-state index contributed by atoms with van der Waals surface area (Å²) in [5.41, 5.74) is 11.9. The lowest BCUT2D eigenvalue weighted by atomic mass is 9.77. The first-order chi connectivity index (χ1) is 14.7.